The van der Waals surface area contributed by atoms with Crippen LogP contribution in [-0.4, -0.2) is 25.5 Å². The lowest BCUT2D eigenvalue weighted by Gasteiger charge is -2.16. The molecule has 0 saturated heterocycles. The van der Waals surface area contributed by atoms with Gasteiger partial charge in [-0.2, -0.15) is 0 Å². The molecule has 2 amide bonds. The van der Waals surface area contributed by atoms with Gasteiger partial charge in [-0.15, -0.1) is 0 Å². The summed E-state index contributed by atoms with van der Waals surface area (Å²) in [6.07, 6.45) is 0. The largest absolute Gasteiger partial charge is 0.493 e. The molecule has 0 aliphatic rings. The Hall–Kier alpha value is -3.09. The van der Waals surface area contributed by atoms with Crippen molar-refractivity contribution < 1.29 is 23.5 Å². The Bertz CT molecular complexity index is 779. The highest BCUT2D eigenvalue weighted by Gasteiger charge is 2.16. The lowest BCUT2D eigenvalue weighted by molar-refractivity contribution is -0.119. The summed E-state index contributed by atoms with van der Waals surface area (Å²) < 4.78 is 24.2. The van der Waals surface area contributed by atoms with E-state index in [-0.39, 0.29) is 18.2 Å². The van der Waals surface area contributed by atoms with E-state index in [2.05, 4.69) is 5.32 Å². The van der Waals surface area contributed by atoms with Gasteiger partial charge in [0.05, 0.1) is 13.2 Å². The summed E-state index contributed by atoms with van der Waals surface area (Å²) in [5.74, 6) is -0.825. The molecule has 0 aliphatic heterocycles. The molecule has 25 heavy (non-hydrogen) atoms. The summed E-state index contributed by atoms with van der Waals surface area (Å²) in [6.45, 7) is 1.39. The number of carbonyl (C=O) groups is 2. The molecule has 0 aliphatic carbocycles. The molecule has 0 radical (unpaired) electrons. The van der Waals surface area contributed by atoms with Crippen molar-refractivity contribution in [3.05, 3.63) is 59.4 Å². The number of primary amides is 1. The maximum Gasteiger partial charge on any atom is 0.255 e. The summed E-state index contributed by atoms with van der Waals surface area (Å²) in [7, 11) is 1.41. The van der Waals surface area contributed by atoms with Crippen LogP contribution in [0.5, 0.6) is 11.5 Å². The number of rotatable bonds is 7. The Balaban J connectivity index is 2.13. The molecular formula is C18H19FN2O4. The number of amides is 2. The highest BCUT2D eigenvalue weighted by atomic mass is 19.1. The number of nitrogens with two attached hydrogens (primary N) is 1. The third-order valence-corrected chi connectivity index (χ3v) is 3.52. The Morgan fingerprint density at radius 3 is 2.56 bits per heavy atom. The third-order valence-electron chi connectivity index (χ3n) is 3.52. The first-order valence-corrected chi connectivity index (χ1v) is 7.56. The minimum absolute atomic E-state index is 0.285. The minimum Gasteiger partial charge on any atom is -0.493 e. The highest BCUT2D eigenvalue weighted by Crippen LogP contribution is 2.28. The van der Waals surface area contributed by atoms with Crippen molar-refractivity contribution in [2.24, 2.45) is 5.73 Å². The number of halogens is 1. The van der Waals surface area contributed by atoms with Gasteiger partial charge in [0.25, 0.3) is 11.8 Å². The van der Waals surface area contributed by atoms with Crippen LogP contribution in [0.15, 0.2) is 42.5 Å². The summed E-state index contributed by atoms with van der Waals surface area (Å²) in [5.41, 5.74) is 5.74. The van der Waals surface area contributed by atoms with E-state index in [4.69, 9.17) is 15.2 Å². The standard InChI is InChI=1S/C18H19FN2O4/c1-11(13-5-3-4-6-14(13)19)21-18(23)12-7-8-15(16(9-12)24-2)25-10-17(20)22/h3-9,11H,10H2,1-2H3,(H2,20,22)(H,21,23). The van der Waals surface area contributed by atoms with Gasteiger partial charge in [0.15, 0.2) is 18.1 Å². The molecule has 2 aromatic rings. The van der Waals surface area contributed by atoms with Gasteiger partial charge < -0.3 is 20.5 Å². The molecule has 0 spiro atoms. The molecule has 0 heterocycles. The Labute approximate surface area is 144 Å². The first-order valence-electron chi connectivity index (χ1n) is 7.56. The van der Waals surface area contributed by atoms with Gasteiger partial charge in [-0.25, -0.2) is 4.39 Å². The van der Waals surface area contributed by atoms with Crippen LogP contribution in [0.25, 0.3) is 0 Å². The van der Waals surface area contributed by atoms with E-state index >= 15 is 0 Å². The summed E-state index contributed by atoms with van der Waals surface area (Å²) in [4.78, 5) is 23.2. The van der Waals surface area contributed by atoms with Gasteiger partial charge in [0.2, 0.25) is 0 Å². The first kappa shape index (κ1) is 18.3. The van der Waals surface area contributed by atoms with Crippen molar-refractivity contribution in [3.63, 3.8) is 0 Å². The van der Waals surface area contributed by atoms with Gasteiger partial charge in [0.1, 0.15) is 5.82 Å². The van der Waals surface area contributed by atoms with E-state index in [0.717, 1.165) is 0 Å². The van der Waals surface area contributed by atoms with Crippen LogP contribution in [0, 0.1) is 5.82 Å². The van der Waals surface area contributed by atoms with E-state index < -0.39 is 17.9 Å². The monoisotopic (exact) mass is 346 g/mol. The predicted molar refractivity (Wildman–Crippen MR) is 90.0 cm³/mol. The van der Waals surface area contributed by atoms with Gasteiger partial charge in [-0.3, -0.25) is 9.59 Å². The smallest absolute Gasteiger partial charge is 0.255 e. The number of nitrogens with one attached hydrogen (secondary N) is 1. The molecule has 0 bridgehead atoms. The first-order chi connectivity index (χ1) is 11.9. The van der Waals surface area contributed by atoms with Gasteiger partial charge in [-0.05, 0) is 31.2 Å². The summed E-state index contributed by atoms with van der Waals surface area (Å²) >= 11 is 0. The number of hydrogen-bond acceptors (Lipinski definition) is 4. The van der Waals surface area contributed by atoms with E-state index in [9.17, 15) is 14.0 Å². The fourth-order valence-corrected chi connectivity index (χ4v) is 2.26. The normalized spacial score (nSPS) is 11.5. The van der Waals surface area contributed by atoms with Crippen molar-refractivity contribution >= 4 is 11.8 Å². The molecule has 0 aromatic heterocycles. The highest BCUT2D eigenvalue weighted by molar-refractivity contribution is 5.95. The quantitative estimate of drug-likeness (QED) is 0.804. The van der Waals surface area contributed by atoms with Crippen molar-refractivity contribution in [2.45, 2.75) is 13.0 Å². The Kier molecular flexibility index (Phi) is 5.94. The van der Waals surface area contributed by atoms with E-state index in [1.54, 1.807) is 25.1 Å². The Morgan fingerprint density at radius 1 is 1.20 bits per heavy atom. The van der Waals surface area contributed by atoms with Crippen molar-refractivity contribution in [1.29, 1.82) is 0 Å². The molecule has 3 N–H and O–H groups in total. The average Bonchev–Trinajstić information content (AvgIpc) is 2.59. The van der Waals surface area contributed by atoms with Crippen LogP contribution in [-0.2, 0) is 4.79 Å². The number of hydrogen-bond donors (Lipinski definition) is 2. The lowest BCUT2D eigenvalue weighted by atomic mass is 10.1. The van der Waals surface area contributed by atoms with Gasteiger partial charge in [-0.1, -0.05) is 18.2 Å². The molecule has 7 heteroatoms. The third kappa shape index (κ3) is 4.69. The molecule has 1 unspecified atom stereocenters. The fourth-order valence-electron chi connectivity index (χ4n) is 2.26. The van der Waals surface area contributed by atoms with Crippen LogP contribution in [0.1, 0.15) is 28.9 Å². The van der Waals surface area contributed by atoms with E-state index in [1.165, 1.54) is 31.4 Å². The topological polar surface area (TPSA) is 90.7 Å². The van der Waals surface area contributed by atoms with Crippen LogP contribution >= 0.6 is 0 Å². The van der Waals surface area contributed by atoms with Crippen LogP contribution in [0.3, 0.4) is 0 Å². The second-order valence-corrected chi connectivity index (χ2v) is 5.34. The zero-order valence-corrected chi connectivity index (χ0v) is 13.9. The SMILES string of the molecule is COc1cc(C(=O)NC(C)c2ccccc2F)ccc1OCC(N)=O. The zero-order valence-electron chi connectivity index (χ0n) is 13.9. The van der Waals surface area contributed by atoms with Gasteiger partial charge in [0, 0.05) is 11.1 Å². The maximum absolute atomic E-state index is 13.8. The molecule has 132 valence electrons. The lowest BCUT2D eigenvalue weighted by Crippen LogP contribution is -2.27. The number of methoxy groups -OCH3 is 1. The van der Waals surface area contributed by atoms with Crippen LogP contribution in [0.2, 0.25) is 0 Å². The van der Waals surface area contributed by atoms with Crippen molar-refractivity contribution in [1.82, 2.24) is 5.32 Å². The molecular weight excluding hydrogens is 327 g/mol. The van der Waals surface area contributed by atoms with Crippen LogP contribution < -0.4 is 20.5 Å². The second-order valence-electron chi connectivity index (χ2n) is 5.34. The predicted octanol–water partition coefficient (Wildman–Crippen LogP) is 2.19. The number of carbonyl (C=O) groups excluding carboxylic acids is 2. The molecule has 0 saturated carbocycles. The minimum atomic E-state index is -0.623. The van der Waals surface area contributed by atoms with Crippen molar-refractivity contribution in [3.8, 4) is 11.5 Å². The molecule has 2 aromatic carbocycles. The van der Waals surface area contributed by atoms with E-state index in [1.807, 2.05) is 0 Å². The number of ether oxygens (including phenoxy) is 2. The summed E-state index contributed by atoms with van der Waals surface area (Å²) in [5, 5.41) is 2.72. The van der Waals surface area contributed by atoms with E-state index in [0.29, 0.717) is 16.9 Å². The molecule has 2 rings (SSSR count). The fraction of sp³-hybridized carbons (Fsp3) is 0.222. The second kappa shape index (κ2) is 8.14. The number of benzene rings is 2. The zero-order chi connectivity index (χ0) is 18.4. The molecule has 0 fully saturated rings. The maximum atomic E-state index is 13.8. The summed E-state index contributed by atoms with van der Waals surface area (Å²) in [6, 6.07) is 10.2. The molecule has 6 nitrogen and oxygen atoms in total. The van der Waals surface area contributed by atoms with Crippen LogP contribution in [0.4, 0.5) is 4.39 Å². The van der Waals surface area contributed by atoms with Gasteiger partial charge >= 0.3 is 0 Å². The van der Waals surface area contributed by atoms with Crippen molar-refractivity contribution in [2.75, 3.05) is 13.7 Å². The Morgan fingerprint density at radius 2 is 1.92 bits per heavy atom. The average molecular weight is 346 g/mol. The molecule has 1 atom stereocenters.